The summed E-state index contributed by atoms with van der Waals surface area (Å²) in [4.78, 5) is 27.0. The Kier molecular flexibility index (Phi) is 4.88. The lowest BCUT2D eigenvalue weighted by Crippen LogP contribution is -2.41. The van der Waals surface area contributed by atoms with Crippen LogP contribution in [0.4, 0.5) is 5.88 Å². The number of hydrogen-bond acceptors (Lipinski definition) is 7. The van der Waals surface area contributed by atoms with E-state index in [4.69, 9.17) is 13.9 Å². The predicted molar refractivity (Wildman–Crippen MR) is 101 cm³/mol. The Balaban J connectivity index is 1.87. The van der Waals surface area contributed by atoms with Crippen molar-refractivity contribution < 1.29 is 18.7 Å². The fourth-order valence-electron chi connectivity index (χ4n) is 3.89. The molecule has 1 N–H and O–H groups in total. The van der Waals surface area contributed by atoms with Crippen LogP contribution < -0.4 is 15.6 Å². The number of carbonyl (C=O) groups excluding carboxylic acids is 1. The van der Waals surface area contributed by atoms with Crippen LogP contribution >= 0.6 is 0 Å². The predicted octanol–water partition coefficient (Wildman–Crippen LogP) is 2.23. The summed E-state index contributed by atoms with van der Waals surface area (Å²) in [7, 11) is 1.34. The number of esters is 1. The first-order chi connectivity index (χ1) is 13.1. The lowest BCUT2D eigenvalue weighted by atomic mass is 9.99. The first-order valence-corrected chi connectivity index (χ1v) is 9.37. The van der Waals surface area contributed by atoms with Crippen LogP contribution in [0.1, 0.15) is 41.7 Å². The molecular weight excluding hydrogens is 348 g/mol. The summed E-state index contributed by atoms with van der Waals surface area (Å²) in [5.41, 5.74) is 1.60. The molecule has 0 aliphatic carbocycles. The zero-order valence-corrected chi connectivity index (χ0v) is 15.6. The highest BCUT2D eigenvalue weighted by Gasteiger charge is 2.25. The van der Waals surface area contributed by atoms with Crippen molar-refractivity contribution in [3.05, 3.63) is 39.5 Å². The number of benzene rings is 1. The Hall–Kier alpha value is -2.38. The van der Waals surface area contributed by atoms with Gasteiger partial charge in [0, 0.05) is 30.8 Å². The van der Waals surface area contributed by atoms with Gasteiger partial charge in [-0.25, -0.2) is 4.79 Å². The third-order valence-electron chi connectivity index (χ3n) is 5.25. The number of fused-ring (bicyclic) bond motifs is 1. The van der Waals surface area contributed by atoms with Gasteiger partial charge in [0.25, 0.3) is 0 Å². The van der Waals surface area contributed by atoms with Gasteiger partial charge in [-0.15, -0.1) is 0 Å². The van der Waals surface area contributed by atoms with Gasteiger partial charge in [0.15, 0.2) is 11.3 Å². The van der Waals surface area contributed by atoms with Crippen molar-refractivity contribution in [1.29, 1.82) is 0 Å². The van der Waals surface area contributed by atoms with E-state index in [0.717, 1.165) is 24.9 Å². The number of morpholine rings is 1. The number of nitrogens with zero attached hydrogens (tertiary/aromatic N) is 1. The number of hydrogen-bond donors (Lipinski definition) is 1. The first-order valence-electron chi connectivity index (χ1n) is 9.37. The zero-order valence-electron chi connectivity index (χ0n) is 15.6. The van der Waals surface area contributed by atoms with E-state index in [-0.39, 0.29) is 17.6 Å². The van der Waals surface area contributed by atoms with Gasteiger partial charge in [-0.1, -0.05) is 0 Å². The Morgan fingerprint density at radius 1 is 1.33 bits per heavy atom. The standard InChI is InChI=1S/C20H24N2O5/c1-12-11-22(6-7-26-12)18-10-17(23)15-9-13(20(24)25-2)8-14(19(15)27-18)16-4-3-5-21-16/h8-10,12,16,21H,3-7,11H2,1-2H3/t12-,16?/m1/s1. The van der Waals surface area contributed by atoms with Gasteiger partial charge in [0.05, 0.1) is 30.8 Å². The van der Waals surface area contributed by atoms with E-state index in [9.17, 15) is 9.59 Å². The minimum atomic E-state index is -0.457. The second-order valence-corrected chi connectivity index (χ2v) is 7.16. The van der Waals surface area contributed by atoms with E-state index in [1.54, 1.807) is 12.1 Å². The third-order valence-corrected chi connectivity index (χ3v) is 5.25. The highest BCUT2D eigenvalue weighted by Crippen LogP contribution is 2.32. The van der Waals surface area contributed by atoms with Crippen molar-refractivity contribution in [1.82, 2.24) is 5.32 Å². The van der Waals surface area contributed by atoms with Crippen LogP contribution in [0, 0.1) is 0 Å². The lowest BCUT2D eigenvalue weighted by molar-refractivity contribution is 0.0517. The van der Waals surface area contributed by atoms with Crippen molar-refractivity contribution in [2.75, 3.05) is 38.3 Å². The molecule has 2 aliphatic rings. The fraction of sp³-hybridized carbons (Fsp3) is 0.500. The van der Waals surface area contributed by atoms with E-state index < -0.39 is 5.97 Å². The molecule has 2 fully saturated rings. The molecule has 27 heavy (non-hydrogen) atoms. The minimum absolute atomic E-state index is 0.0547. The average Bonchev–Trinajstić information content (AvgIpc) is 3.21. The van der Waals surface area contributed by atoms with Crippen molar-refractivity contribution >= 4 is 22.8 Å². The molecule has 4 rings (SSSR count). The highest BCUT2D eigenvalue weighted by atomic mass is 16.5. The normalized spacial score (nSPS) is 23.0. The number of methoxy groups -OCH3 is 1. The molecule has 0 amide bonds. The Morgan fingerprint density at radius 3 is 2.89 bits per heavy atom. The average molecular weight is 372 g/mol. The Bertz CT molecular complexity index is 916. The second kappa shape index (κ2) is 7.32. The SMILES string of the molecule is COC(=O)c1cc(C2CCCN2)c2oc(N3CCO[C@H](C)C3)cc(=O)c2c1. The second-order valence-electron chi connectivity index (χ2n) is 7.16. The summed E-state index contributed by atoms with van der Waals surface area (Å²) >= 11 is 0. The van der Waals surface area contributed by atoms with Gasteiger partial charge in [-0.3, -0.25) is 4.79 Å². The van der Waals surface area contributed by atoms with Gasteiger partial charge in [-0.05, 0) is 38.4 Å². The molecule has 2 aliphatic heterocycles. The van der Waals surface area contributed by atoms with Crippen LogP contribution in [0.3, 0.4) is 0 Å². The van der Waals surface area contributed by atoms with Gasteiger partial charge in [-0.2, -0.15) is 0 Å². The summed E-state index contributed by atoms with van der Waals surface area (Å²) in [6, 6.07) is 4.91. The van der Waals surface area contributed by atoms with Crippen molar-refractivity contribution in [2.24, 2.45) is 0 Å². The highest BCUT2D eigenvalue weighted by molar-refractivity contribution is 5.95. The van der Waals surface area contributed by atoms with Crippen LogP contribution in [0.2, 0.25) is 0 Å². The monoisotopic (exact) mass is 372 g/mol. The molecule has 2 saturated heterocycles. The maximum Gasteiger partial charge on any atom is 0.337 e. The van der Waals surface area contributed by atoms with E-state index in [1.165, 1.54) is 13.2 Å². The van der Waals surface area contributed by atoms with Crippen LogP contribution in [0.5, 0.6) is 0 Å². The summed E-state index contributed by atoms with van der Waals surface area (Å²) in [6.45, 7) is 4.85. The zero-order chi connectivity index (χ0) is 19.0. The number of anilines is 1. The van der Waals surface area contributed by atoms with Crippen molar-refractivity contribution in [3.63, 3.8) is 0 Å². The molecule has 0 spiro atoms. The maximum atomic E-state index is 12.9. The topological polar surface area (TPSA) is 81.0 Å². The van der Waals surface area contributed by atoms with Crippen LogP contribution in [0.15, 0.2) is 27.4 Å². The van der Waals surface area contributed by atoms with E-state index in [2.05, 4.69) is 5.32 Å². The molecule has 2 aromatic rings. The van der Waals surface area contributed by atoms with Gasteiger partial charge >= 0.3 is 5.97 Å². The van der Waals surface area contributed by atoms with Crippen LogP contribution in [-0.4, -0.2) is 45.4 Å². The Labute approximate surface area is 157 Å². The number of nitrogens with one attached hydrogen (secondary N) is 1. The molecule has 7 nitrogen and oxygen atoms in total. The molecule has 1 aromatic carbocycles. The molecule has 2 atom stereocenters. The maximum absolute atomic E-state index is 12.9. The fourth-order valence-corrected chi connectivity index (χ4v) is 3.89. The molecule has 0 bridgehead atoms. The summed E-state index contributed by atoms with van der Waals surface area (Å²) in [5, 5.41) is 3.84. The van der Waals surface area contributed by atoms with Crippen LogP contribution in [-0.2, 0) is 9.47 Å². The largest absolute Gasteiger partial charge is 0.465 e. The van der Waals surface area contributed by atoms with Gasteiger partial charge < -0.3 is 24.1 Å². The smallest absolute Gasteiger partial charge is 0.337 e. The van der Waals surface area contributed by atoms with Crippen LogP contribution in [0.25, 0.3) is 11.0 Å². The van der Waals surface area contributed by atoms with E-state index in [0.29, 0.717) is 42.1 Å². The van der Waals surface area contributed by atoms with Crippen molar-refractivity contribution in [3.8, 4) is 0 Å². The molecule has 0 saturated carbocycles. The molecule has 0 radical (unpaired) electrons. The lowest BCUT2D eigenvalue weighted by Gasteiger charge is -2.31. The summed E-state index contributed by atoms with van der Waals surface area (Å²) in [6.07, 6.45) is 2.05. The summed E-state index contributed by atoms with van der Waals surface area (Å²) in [5.74, 6) is 0.0920. The number of rotatable bonds is 3. The minimum Gasteiger partial charge on any atom is -0.465 e. The molecule has 3 heterocycles. The molecule has 1 unspecified atom stereocenters. The van der Waals surface area contributed by atoms with Crippen molar-refractivity contribution in [2.45, 2.75) is 31.9 Å². The number of ether oxygens (including phenoxy) is 2. The molecule has 144 valence electrons. The summed E-state index contributed by atoms with van der Waals surface area (Å²) < 4.78 is 16.7. The first kappa shape index (κ1) is 18.0. The Morgan fingerprint density at radius 2 is 2.19 bits per heavy atom. The van der Waals surface area contributed by atoms with E-state index in [1.807, 2.05) is 11.8 Å². The molecule has 1 aromatic heterocycles. The van der Waals surface area contributed by atoms with E-state index >= 15 is 0 Å². The number of carbonyl (C=O) groups is 1. The molecular formula is C20H24N2O5. The quantitative estimate of drug-likeness (QED) is 0.828. The molecule has 7 heteroatoms. The third kappa shape index (κ3) is 3.44. The van der Waals surface area contributed by atoms with Gasteiger partial charge in [0.2, 0.25) is 0 Å². The van der Waals surface area contributed by atoms with Gasteiger partial charge in [0.1, 0.15) is 5.58 Å².